The average molecular weight is 378 g/mol. The number of hydrogen-bond acceptors (Lipinski definition) is 5. The van der Waals surface area contributed by atoms with E-state index >= 15 is 0 Å². The maximum absolute atomic E-state index is 13.2. The summed E-state index contributed by atoms with van der Waals surface area (Å²) in [6, 6.07) is 12.6. The van der Waals surface area contributed by atoms with Crippen LogP contribution in [0.5, 0.6) is 11.5 Å². The molecule has 0 aliphatic rings. The summed E-state index contributed by atoms with van der Waals surface area (Å²) in [4.78, 5) is 2.10. The average Bonchev–Trinajstić information content (AvgIpc) is 2.65. The Morgan fingerprint density at radius 1 is 0.962 bits per heavy atom. The van der Waals surface area contributed by atoms with Crippen LogP contribution in [0.4, 0.5) is 5.69 Å². The molecule has 0 heterocycles. The van der Waals surface area contributed by atoms with E-state index in [1.165, 1.54) is 24.6 Å². The van der Waals surface area contributed by atoms with E-state index in [-0.39, 0.29) is 11.4 Å². The molecule has 0 aliphatic heterocycles. The first-order chi connectivity index (χ1) is 12.3. The molecule has 0 N–H and O–H groups in total. The van der Waals surface area contributed by atoms with Gasteiger partial charge in [-0.25, -0.2) is 8.42 Å². The van der Waals surface area contributed by atoms with Gasteiger partial charge in [0.05, 0.1) is 14.2 Å². The van der Waals surface area contributed by atoms with Crippen molar-refractivity contribution < 1.29 is 17.9 Å². The minimum absolute atomic E-state index is 0.103. The van der Waals surface area contributed by atoms with Crippen LogP contribution < -0.4 is 14.4 Å². The zero-order valence-electron chi connectivity index (χ0n) is 15.9. The van der Waals surface area contributed by atoms with Crippen LogP contribution in [-0.2, 0) is 16.6 Å². The van der Waals surface area contributed by atoms with E-state index in [2.05, 4.69) is 0 Å². The maximum Gasteiger partial charge on any atom is 0.247 e. The molecule has 7 heteroatoms. The van der Waals surface area contributed by atoms with Gasteiger partial charge in [0.25, 0.3) is 0 Å². The summed E-state index contributed by atoms with van der Waals surface area (Å²) in [6.07, 6.45) is 0. The normalized spacial score (nSPS) is 11.5. The van der Waals surface area contributed by atoms with Gasteiger partial charge in [-0.05, 0) is 29.8 Å². The van der Waals surface area contributed by atoms with E-state index in [0.717, 1.165) is 11.3 Å². The Morgan fingerprint density at radius 2 is 1.62 bits per heavy atom. The molecule has 0 radical (unpaired) electrons. The molecular weight excluding hydrogens is 352 g/mol. The second kappa shape index (κ2) is 8.42. The first-order valence-electron chi connectivity index (χ1n) is 8.32. The lowest BCUT2D eigenvalue weighted by molar-refractivity contribution is 0.383. The Morgan fingerprint density at radius 3 is 2.12 bits per heavy atom. The van der Waals surface area contributed by atoms with Gasteiger partial charge in [-0.1, -0.05) is 19.1 Å². The molecule has 0 fully saturated rings. The third-order valence-electron chi connectivity index (χ3n) is 4.15. The largest absolute Gasteiger partial charge is 0.497 e. The predicted molar refractivity (Wildman–Crippen MR) is 104 cm³/mol. The van der Waals surface area contributed by atoms with Crippen LogP contribution in [0.2, 0.25) is 0 Å². The van der Waals surface area contributed by atoms with Crippen LogP contribution in [0.3, 0.4) is 0 Å². The zero-order chi connectivity index (χ0) is 19.3. The molecule has 6 nitrogen and oxygen atoms in total. The van der Waals surface area contributed by atoms with E-state index in [1.807, 2.05) is 50.2 Å². The zero-order valence-corrected chi connectivity index (χ0v) is 16.7. The van der Waals surface area contributed by atoms with Crippen LogP contribution in [0.1, 0.15) is 12.5 Å². The molecular formula is C19H26N2O4S. The minimum atomic E-state index is -3.73. The molecule has 2 aromatic carbocycles. The summed E-state index contributed by atoms with van der Waals surface area (Å²) < 4.78 is 38.2. The summed E-state index contributed by atoms with van der Waals surface area (Å²) in [5.74, 6) is 0.767. The molecule has 0 saturated heterocycles. The number of sulfonamides is 1. The Labute approximate surface area is 156 Å². The lowest BCUT2D eigenvalue weighted by Gasteiger charge is -2.22. The fourth-order valence-electron chi connectivity index (χ4n) is 2.59. The highest BCUT2D eigenvalue weighted by Gasteiger charge is 2.27. The lowest BCUT2D eigenvalue weighted by Crippen LogP contribution is -2.30. The topological polar surface area (TPSA) is 59.1 Å². The van der Waals surface area contributed by atoms with Crippen LogP contribution >= 0.6 is 0 Å². The van der Waals surface area contributed by atoms with Crippen LogP contribution in [0.25, 0.3) is 0 Å². The van der Waals surface area contributed by atoms with Crippen LogP contribution in [0, 0.1) is 0 Å². The Kier molecular flexibility index (Phi) is 6.50. The molecule has 2 aromatic rings. The highest BCUT2D eigenvalue weighted by Crippen LogP contribution is 2.31. The second-order valence-corrected chi connectivity index (χ2v) is 7.92. The van der Waals surface area contributed by atoms with Gasteiger partial charge in [0.15, 0.2) is 0 Å². The quantitative estimate of drug-likeness (QED) is 0.707. The molecule has 0 atom stereocenters. The summed E-state index contributed by atoms with van der Waals surface area (Å²) in [6.45, 7) is 2.45. The van der Waals surface area contributed by atoms with Crippen LogP contribution in [0.15, 0.2) is 47.4 Å². The summed E-state index contributed by atoms with van der Waals surface area (Å²) >= 11 is 0. The fourth-order valence-corrected chi connectivity index (χ4v) is 4.20. The van der Waals surface area contributed by atoms with Crippen molar-refractivity contribution in [2.75, 3.05) is 39.8 Å². The standard InChI is InChI=1S/C19H26N2O4S/c1-6-21(14-15-7-9-16(10-8-15)20(2)3)26(22,23)19-13-17(24-4)11-12-18(19)25-5/h7-13H,6,14H2,1-5H3. The first-order valence-corrected chi connectivity index (χ1v) is 9.76. The van der Waals surface area contributed by atoms with Crippen molar-refractivity contribution in [1.29, 1.82) is 0 Å². The molecule has 2 rings (SSSR count). The molecule has 0 aromatic heterocycles. The molecule has 0 amide bonds. The highest BCUT2D eigenvalue weighted by molar-refractivity contribution is 7.89. The predicted octanol–water partition coefficient (Wildman–Crippen LogP) is 2.98. The van der Waals surface area contributed by atoms with Gasteiger partial charge in [0.2, 0.25) is 10.0 Å². The number of benzene rings is 2. The molecule has 142 valence electrons. The number of methoxy groups -OCH3 is 2. The Hall–Kier alpha value is -2.25. The van der Waals surface area contributed by atoms with Crippen molar-refractivity contribution in [3.63, 3.8) is 0 Å². The van der Waals surface area contributed by atoms with Crippen molar-refractivity contribution in [3.8, 4) is 11.5 Å². The molecule has 0 aliphatic carbocycles. The van der Waals surface area contributed by atoms with Gasteiger partial charge in [-0.3, -0.25) is 0 Å². The number of rotatable bonds is 8. The van der Waals surface area contributed by atoms with Crippen molar-refractivity contribution in [1.82, 2.24) is 4.31 Å². The number of anilines is 1. The monoisotopic (exact) mass is 378 g/mol. The van der Waals surface area contributed by atoms with E-state index in [9.17, 15) is 8.42 Å². The number of hydrogen-bond donors (Lipinski definition) is 0. The number of nitrogens with zero attached hydrogens (tertiary/aromatic N) is 2. The second-order valence-electron chi connectivity index (χ2n) is 6.01. The Bertz CT molecular complexity index is 833. The Balaban J connectivity index is 2.36. The summed E-state index contributed by atoms with van der Waals surface area (Å²) in [5, 5.41) is 0. The minimum Gasteiger partial charge on any atom is -0.497 e. The van der Waals surface area contributed by atoms with Gasteiger partial charge in [-0.2, -0.15) is 4.31 Å². The first kappa shape index (κ1) is 20.1. The molecule has 0 spiro atoms. The molecule has 0 saturated carbocycles. The third-order valence-corrected chi connectivity index (χ3v) is 6.09. The van der Waals surface area contributed by atoms with Gasteiger partial charge in [0, 0.05) is 38.9 Å². The molecule has 0 unspecified atom stereocenters. The summed E-state index contributed by atoms with van der Waals surface area (Å²) in [5.41, 5.74) is 1.98. The van der Waals surface area contributed by atoms with E-state index < -0.39 is 10.0 Å². The third kappa shape index (κ3) is 4.28. The van der Waals surface area contributed by atoms with E-state index in [1.54, 1.807) is 12.1 Å². The van der Waals surface area contributed by atoms with Gasteiger partial charge < -0.3 is 14.4 Å². The maximum atomic E-state index is 13.2. The summed E-state index contributed by atoms with van der Waals surface area (Å²) in [7, 11) is 3.15. The van der Waals surface area contributed by atoms with Crippen molar-refractivity contribution in [2.45, 2.75) is 18.4 Å². The smallest absolute Gasteiger partial charge is 0.247 e. The van der Waals surface area contributed by atoms with E-state index in [0.29, 0.717) is 18.0 Å². The molecule has 26 heavy (non-hydrogen) atoms. The van der Waals surface area contributed by atoms with Crippen molar-refractivity contribution in [3.05, 3.63) is 48.0 Å². The highest BCUT2D eigenvalue weighted by atomic mass is 32.2. The van der Waals surface area contributed by atoms with Crippen molar-refractivity contribution >= 4 is 15.7 Å². The molecule has 0 bridgehead atoms. The number of ether oxygens (including phenoxy) is 2. The van der Waals surface area contributed by atoms with Crippen molar-refractivity contribution in [2.24, 2.45) is 0 Å². The van der Waals surface area contributed by atoms with Crippen LogP contribution in [-0.4, -0.2) is 47.6 Å². The fraction of sp³-hybridized carbons (Fsp3) is 0.368. The van der Waals surface area contributed by atoms with Gasteiger partial charge in [-0.15, -0.1) is 0 Å². The van der Waals surface area contributed by atoms with Gasteiger partial charge >= 0.3 is 0 Å². The van der Waals surface area contributed by atoms with Gasteiger partial charge in [0.1, 0.15) is 16.4 Å². The SMILES string of the molecule is CCN(Cc1ccc(N(C)C)cc1)S(=O)(=O)c1cc(OC)ccc1OC. The lowest BCUT2D eigenvalue weighted by atomic mass is 10.2. The van der Waals surface area contributed by atoms with E-state index in [4.69, 9.17) is 9.47 Å².